The number of anilines is 1. The van der Waals surface area contributed by atoms with Crippen molar-refractivity contribution in [3.8, 4) is 0 Å². The van der Waals surface area contributed by atoms with E-state index in [0.29, 0.717) is 6.04 Å². The van der Waals surface area contributed by atoms with E-state index in [0.717, 1.165) is 22.3 Å². The first-order valence-electron chi connectivity index (χ1n) is 5.52. The minimum Gasteiger partial charge on any atom is -0.378 e. The van der Waals surface area contributed by atoms with Gasteiger partial charge < -0.3 is 5.32 Å². The first kappa shape index (κ1) is 12.1. The van der Waals surface area contributed by atoms with Crippen molar-refractivity contribution in [3.63, 3.8) is 0 Å². The van der Waals surface area contributed by atoms with Gasteiger partial charge in [-0.05, 0) is 41.4 Å². The Morgan fingerprint density at radius 1 is 1.35 bits per heavy atom. The Hall–Kier alpha value is -1.36. The molecule has 2 heterocycles. The van der Waals surface area contributed by atoms with Gasteiger partial charge in [-0.25, -0.2) is 0 Å². The molecule has 90 valence electrons. The average molecular weight is 295 g/mol. The molecule has 0 aliphatic rings. The fourth-order valence-corrected chi connectivity index (χ4v) is 1.88. The summed E-state index contributed by atoms with van der Waals surface area (Å²) in [4.78, 5) is 4.12. The Kier molecular flexibility index (Phi) is 3.78. The second-order valence-corrected chi connectivity index (χ2v) is 5.08. The van der Waals surface area contributed by atoms with Crippen molar-refractivity contribution < 1.29 is 0 Å². The lowest BCUT2D eigenvalue weighted by Gasteiger charge is -2.05. The number of hydrogen-bond donors (Lipinski definition) is 1. The van der Waals surface area contributed by atoms with Crippen LogP contribution in [0.25, 0.3) is 0 Å². The molecule has 0 aromatic carbocycles. The van der Waals surface area contributed by atoms with Crippen LogP contribution in [-0.2, 0) is 6.54 Å². The molecule has 0 unspecified atom stereocenters. The number of aromatic nitrogens is 3. The van der Waals surface area contributed by atoms with Crippen molar-refractivity contribution in [2.75, 3.05) is 5.32 Å². The summed E-state index contributed by atoms with van der Waals surface area (Å²) in [5, 5.41) is 7.59. The molecule has 0 radical (unpaired) electrons. The summed E-state index contributed by atoms with van der Waals surface area (Å²) < 4.78 is 2.93. The van der Waals surface area contributed by atoms with Crippen LogP contribution in [0.1, 0.15) is 25.5 Å². The molecule has 2 aromatic heterocycles. The molecule has 5 heteroatoms. The maximum absolute atomic E-state index is 4.27. The average Bonchev–Trinajstić information content (AvgIpc) is 2.75. The predicted molar refractivity (Wildman–Crippen MR) is 71.9 cm³/mol. The lowest BCUT2D eigenvalue weighted by atomic mass is 10.3. The van der Waals surface area contributed by atoms with E-state index in [1.54, 1.807) is 6.20 Å². The van der Waals surface area contributed by atoms with Crippen LogP contribution >= 0.6 is 15.9 Å². The topological polar surface area (TPSA) is 42.7 Å². The molecule has 0 aliphatic carbocycles. The molecule has 0 bridgehead atoms. The zero-order valence-corrected chi connectivity index (χ0v) is 11.5. The van der Waals surface area contributed by atoms with Gasteiger partial charge in [0.15, 0.2) is 0 Å². The van der Waals surface area contributed by atoms with Crippen molar-refractivity contribution >= 4 is 21.6 Å². The van der Waals surface area contributed by atoms with E-state index in [-0.39, 0.29) is 0 Å². The molecule has 4 nitrogen and oxygen atoms in total. The third-order valence-electron chi connectivity index (χ3n) is 2.39. The molecule has 0 amide bonds. The lowest BCUT2D eigenvalue weighted by molar-refractivity contribution is 0.532. The van der Waals surface area contributed by atoms with Crippen LogP contribution in [0.15, 0.2) is 35.3 Å². The van der Waals surface area contributed by atoms with Gasteiger partial charge in [-0.15, -0.1) is 0 Å². The Morgan fingerprint density at radius 3 is 2.82 bits per heavy atom. The number of nitrogens with zero attached hydrogens (tertiary/aromatic N) is 3. The first-order valence-corrected chi connectivity index (χ1v) is 6.32. The van der Waals surface area contributed by atoms with Crippen molar-refractivity contribution in [1.82, 2.24) is 14.8 Å². The van der Waals surface area contributed by atoms with Crippen LogP contribution in [0, 0.1) is 0 Å². The van der Waals surface area contributed by atoms with E-state index in [1.807, 2.05) is 29.3 Å². The quantitative estimate of drug-likeness (QED) is 0.941. The Labute approximate surface area is 109 Å². The molecule has 2 aromatic rings. The van der Waals surface area contributed by atoms with Gasteiger partial charge in [0.1, 0.15) is 0 Å². The fraction of sp³-hybridized carbons (Fsp3) is 0.333. The second-order valence-electron chi connectivity index (χ2n) is 4.17. The van der Waals surface area contributed by atoms with E-state index in [4.69, 9.17) is 0 Å². The Morgan fingerprint density at radius 2 is 2.18 bits per heavy atom. The zero-order valence-electron chi connectivity index (χ0n) is 9.89. The summed E-state index contributed by atoms with van der Waals surface area (Å²) >= 11 is 3.40. The first-order chi connectivity index (χ1) is 8.15. The van der Waals surface area contributed by atoms with Crippen molar-refractivity contribution in [2.24, 2.45) is 0 Å². The van der Waals surface area contributed by atoms with E-state index >= 15 is 0 Å². The third-order valence-corrected chi connectivity index (χ3v) is 2.82. The summed E-state index contributed by atoms with van der Waals surface area (Å²) in [6.45, 7) is 4.96. The minimum atomic E-state index is 0.387. The van der Waals surface area contributed by atoms with Crippen LogP contribution in [0.2, 0.25) is 0 Å². The summed E-state index contributed by atoms with van der Waals surface area (Å²) in [6, 6.07) is 2.44. The second kappa shape index (κ2) is 5.31. The van der Waals surface area contributed by atoms with Crippen LogP contribution in [-0.4, -0.2) is 14.8 Å². The maximum atomic E-state index is 4.27. The van der Waals surface area contributed by atoms with Crippen LogP contribution in [0.4, 0.5) is 5.69 Å². The van der Waals surface area contributed by atoms with Gasteiger partial charge in [-0.3, -0.25) is 9.67 Å². The van der Waals surface area contributed by atoms with Gasteiger partial charge in [0.25, 0.3) is 0 Å². The van der Waals surface area contributed by atoms with Gasteiger partial charge >= 0.3 is 0 Å². The summed E-state index contributed by atoms with van der Waals surface area (Å²) in [6.07, 6.45) is 7.48. The molecule has 0 fully saturated rings. The van der Waals surface area contributed by atoms with Crippen molar-refractivity contribution in [3.05, 3.63) is 40.9 Å². The highest BCUT2D eigenvalue weighted by molar-refractivity contribution is 9.10. The van der Waals surface area contributed by atoms with E-state index in [1.165, 1.54) is 0 Å². The van der Waals surface area contributed by atoms with Gasteiger partial charge in [0.05, 0.1) is 11.9 Å². The monoisotopic (exact) mass is 294 g/mol. The van der Waals surface area contributed by atoms with E-state index in [2.05, 4.69) is 45.2 Å². The van der Waals surface area contributed by atoms with Gasteiger partial charge in [0, 0.05) is 35.6 Å². The third kappa shape index (κ3) is 3.30. The molecular weight excluding hydrogens is 280 g/mol. The highest BCUT2D eigenvalue weighted by atomic mass is 79.9. The molecule has 0 saturated heterocycles. The number of nitrogens with one attached hydrogen (secondary N) is 1. The summed E-state index contributed by atoms with van der Waals surface area (Å²) in [5.74, 6) is 0. The van der Waals surface area contributed by atoms with Crippen molar-refractivity contribution in [1.29, 1.82) is 0 Å². The Balaban J connectivity index is 1.97. The molecular formula is C12H15BrN4. The zero-order chi connectivity index (χ0) is 12.3. The van der Waals surface area contributed by atoms with Crippen LogP contribution < -0.4 is 5.32 Å². The molecule has 0 saturated carbocycles. The van der Waals surface area contributed by atoms with E-state index in [9.17, 15) is 0 Å². The molecule has 0 aliphatic heterocycles. The van der Waals surface area contributed by atoms with Crippen LogP contribution in [0.5, 0.6) is 0 Å². The molecule has 17 heavy (non-hydrogen) atoms. The number of pyridine rings is 1. The minimum absolute atomic E-state index is 0.387. The standard InChI is InChI=1S/C12H15BrN4/c1-9(2)17-8-12(7-16-17)15-5-10-3-11(13)6-14-4-10/h3-4,6-9,15H,5H2,1-2H3. The smallest absolute Gasteiger partial charge is 0.0729 e. The molecule has 0 atom stereocenters. The lowest BCUT2D eigenvalue weighted by Crippen LogP contribution is -2.01. The fourth-order valence-electron chi connectivity index (χ4n) is 1.47. The number of rotatable bonds is 4. The van der Waals surface area contributed by atoms with Gasteiger partial charge in [0.2, 0.25) is 0 Å². The largest absolute Gasteiger partial charge is 0.378 e. The predicted octanol–water partition coefficient (Wildman–Crippen LogP) is 3.23. The summed E-state index contributed by atoms with van der Waals surface area (Å²) in [7, 11) is 0. The molecule has 1 N–H and O–H groups in total. The van der Waals surface area contributed by atoms with Crippen LogP contribution in [0.3, 0.4) is 0 Å². The van der Waals surface area contributed by atoms with Gasteiger partial charge in [-0.2, -0.15) is 5.10 Å². The van der Waals surface area contributed by atoms with Gasteiger partial charge in [-0.1, -0.05) is 0 Å². The normalized spacial score (nSPS) is 10.8. The number of hydrogen-bond acceptors (Lipinski definition) is 3. The SMILES string of the molecule is CC(C)n1cc(NCc2cncc(Br)c2)cn1. The highest BCUT2D eigenvalue weighted by Gasteiger charge is 2.01. The summed E-state index contributed by atoms with van der Waals surface area (Å²) in [5.41, 5.74) is 2.16. The number of halogens is 1. The van der Waals surface area contributed by atoms with Crippen molar-refractivity contribution in [2.45, 2.75) is 26.4 Å². The molecule has 2 rings (SSSR count). The molecule has 0 spiro atoms. The highest BCUT2D eigenvalue weighted by Crippen LogP contribution is 2.13. The van der Waals surface area contributed by atoms with E-state index < -0.39 is 0 Å². The maximum Gasteiger partial charge on any atom is 0.0729 e. The Bertz CT molecular complexity index is 493.